The summed E-state index contributed by atoms with van der Waals surface area (Å²) in [6, 6.07) is 0. The number of nitrogens with zero attached hydrogens (tertiary/aromatic N) is 2. The highest BCUT2D eigenvalue weighted by Gasteiger charge is 2.26. The van der Waals surface area contributed by atoms with E-state index in [1.165, 1.54) is 0 Å². The summed E-state index contributed by atoms with van der Waals surface area (Å²) in [5.41, 5.74) is 1.87. The molecule has 1 rings (SSSR count). The summed E-state index contributed by atoms with van der Waals surface area (Å²) in [4.78, 5) is 0. The first-order valence-electron chi connectivity index (χ1n) is 5.16. The fraction of sp³-hybridized carbons (Fsp3) is 0.667. The molecule has 1 aromatic rings. The van der Waals surface area contributed by atoms with Crippen molar-refractivity contribution in [3.05, 3.63) is 22.5 Å². The Kier molecular flexibility index (Phi) is 3.11. The fourth-order valence-electron chi connectivity index (χ4n) is 1.37. The zero-order chi connectivity index (χ0) is 11.9. The molecule has 84 valence electrons. The minimum atomic E-state index is -0.0641. The molecule has 15 heavy (non-hydrogen) atoms. The Bertz CT molecular complexity index is 327. The van der Waals surface area contributed by atoms with Crippen molar-refractivity contribution in [2.45, 2.75) is 52.4 Å². The monoisotopic (exact) mass is 226 g/mol. The second-order valence-corrected chi connectivity index (χ2v) is 6.30. The first-order valence-corrected chi connectivity index (χ1v) is 5.54. The average molecular weight is 227 g/mol. The normalized spacial score (nSPS) is 13.0. The SMILES string of the molecule is CC(C)(C)c1cnnc(C(C)(C)C)c1Cl. The molecule has 0 fully saturated rings. The number of aromatic nitrogens is 2. The molecule has 0 bridgehead atoms. The van der Waals surface area contributed by atoms with E-state index in [2.05, 4.69) is 51.7 Å². The summed E-state index contributed by atoms with van der Waals surface area (Å²) in [6.45, 7) is 12.7. The minimum Gasteiger partial charge on any atom is -0.158 e. The van der Waals surface area contributed by atoms with Gasteiger partial charge in [0.2, 0.25) is 0 Å². The molecule has 1 heterocycles. The van der Waals surface area contributed by atoms with Crippen LogP contribution in [0.25, 0.3) is 0 Å². The van der Waals surface area contributed by atoms with Gasteiger partial charge in [0.05, 0.1) is 16.9 Å². The predicted molar refractivity (Wildman–Crippen MR) is 64.4 cm³/mol. The van der Waals surface area contributed by atoms with E-state index >= 15 is 0 Å². The van der Waals surface area contributed by atoms with E-state index < -0.39 is 0 Å². The van der Waals surface area contributed by atoms with Gasteiger partial charge in [0, 0.05) is 5.41 Å². The fourth-order valence-corrected chi connectivity index (χ4v) is 2.03. The smallest absolute Gasteiger partial charge is 0.0873 e. The highest BCUT2D eigenvalue weighted by molar-refractivity contribution is 6.32. The van der Waals surface area contributed by atoms with Crippen LogP contribution >= 0.6 is 11.6 Å². The Morgan fingerprint density at radius 3 is 1.93 bits per heavy atom. The highest BCUT2D eigenvalue weighted by Crippen LogP contribution is 2.34. The molecule has 0 aliphatic rings. The van der Waals surface area contributed by atoms with Gasteiger partial charge in [0.15, 0.2) is 0 Å². The molecule has 0 unspecified atom stereocenters. The van der Waals surface area contributed by atoms with Gasteiger partial charge in [-0.2, -0.15) is 10.2 Å². The molecular weight excluding hydrogens is 208 g/mol. The van der Waals surface area contributed by atoms with Crippen LogP contribution in [0.5, 0.6) is 0 Å². The number of halogens is 1. The van der Waals surface area contributed by atoms with Gasteiger partial charge in [0.1, 0.15) is 0 Å². The Balaban J connectivity index is 3.37. The highest BCUT2D eigenvalue weighted by atomic mass is 35.5. The molecule has 0 amide bonds. The molecule has 2 nitrogen and oxygen atoms in total. The van der Waals surface area contributed by atoms with Gasteiger partial charge >= 0.3 is 0 Å². The lowest BCUT2D eigenvalue weighted by atomic mass is 9.84. The van der Waals surface area contributed by atoms with E-state index in [1.54, 1.807) is 6.20 Å². The molecule has 0 N–H and O–H groups in total. The first-order chi connectivity index (χ1) is 6.64. The van der Waals surface area contributed by atoms with Crippen LogP contribution in [-0.4, -0.2) is 10.2 Å². The third-order valence-corrected chi connectivity index (χ3v) is 2.69. The van der Waals surface area contributed by atoms with E-state index in [4.69, 9.17) is 11.6 Å². The van der Waals surface area contributed by atoms with Crippen molar-refractivity contribution >= 4 is 11.6 Å². The minimum absolute atomic E-state index is 0.00697. The molecule has 1 aromatic heterocycles. The number of rotatable bonds is 0. The Morgan fingerprint density at radius 2 is 1.53 bits per heavy atom. The van der Waals surface area contributed by atoms with E-state index in [0.29, 0.717) is 0 Å². The maximum atomic E-state index is 6.38. The van der Waals surface area contributed by atoms with Gasteiger partial charge in [-0.3, -0.25) is 0 Å². The van der Waals surface area contributed by atoms with Crippen molar-refractivity contribution in [3.63, 3.8) is 0 Å². The lowest BCUT2D eigenvalue weighted by molar-refractivity contribution is 0.540. The van der Waals surface area contributed by atoms with Gasteiger partial charge in [-0.1, -0.05) is 53.1 Å². The quantitative estimate of drug-likeness (QED) is 0.674. The summed E-state index contributed by atoms with van der Waals surface area (Å²) in [5.74, 6) is 0. The van der Waals surface area contributed by atoms with Crippen LogP contribution in [0.4, 0.5) is 0 Å². The summed E-state index contributed by atoms with van der Waals surface area (Å²) in [7, 11) is 0. The van der Waals surface area contributed by atoms with Gasteiger partial charge in [0.25, 0.3) is 0 Å². The molecule has 0 aliphatic heterocycles. The Labute approximate surface area is 97.1 Å². The maximum absolute atomic E-state index is 6.38. The van der Waals surface area contributed by atoms with Crippen LogP contribution in [0, 0.1) is 0 Å². The standard InChI is InChI=1S/C12H19ClN2/c1-11(2,3)8-7-14-15-10(9(8)13)12(4,5)6/h7H,1-6H3. The van der Waals surface area contributed by atoms with Crippen LogP contribution < -0.4 is 0 Å². The van der Waals surface area contributed by atoms with Crippen molar-refractivity contribution < 1.29 is 0 Å². The van der Waals surface area contributed by atoms with Crippen molar-refractivity contribution in [1.29, 1.82) is 0 Å². The lowest BCUT2D eigenvalue weighted by Crippen LogP contribution is -2.20. The first kappa shape index (κ1) is 12.4. The third kappa shape index (κ3) is 2.69. The average Bonchev–Trinajstić information content (AvgIpc) is 1.99. The molecule has 0 radical (unpaired) electrons. The Morgan fingerprint density at radius 1 is 1.00 bits per heavy atom. The van der Waals surface area contributed by atoms with E-state index in [0.717, 1.165) is 16.3 Å². The molecule has 0 atom stereocenters. The maximum Gasteiger partial charge on any atom is 0.0873 e. The van der Waals surface area contributed by atoms with Crippen LogP contribution in [-0.2, 0) is 10.8 Å². The van der Waals surface area contributed by atoms with Crippen LogP contribution in [0.3, 0.4) is 0 Å². The molecule has 3 heteroatoms. The second kappa shape index (κ2) is 3.75. The zero-order valence-corrected chi connectivity index (χ0v) is 11.1. The van der Waals surface area contributed by atoms with Crippen molar-refractivity contribution in [2.75, 3.05) is 0 Å². The zero-order valence-electron chi connectivity index (χ0n) is 10.3. The molecular formula is C12H19ClN2. The molecule has 0 aliphatic carbocycles. The van der Waals surface area contributed by atoms with Crippen molar-refractivity contribution in [3.8, 4) is 0 Å². The van der Waals surface area contributed by atoms with E-state index in [-0.39, 0.29) is 10.8 Å². The molecule has 0 aromatic carbocycles. The molecule has 0 saturated heterocycles. The van der Waals surface area contributed by atoms with Gasteiger partial charge < -0.3 is 0 Å². The van der Waals surface area contributed by atoms with E-state index in [9.17, 15) is 0 Å². The van der Waals surface area contributed by atoms with Gasteiger partial charge in [-0.05, 0) is 11.0 Å². The molecule has 0 saturated carbocycles. The van der Waals surface area contributed by atoms with E-state index in [1.807, 2.05) is 0 Å². The largest absolute Gasteiger partial charge is 0.158 e. The number of hydrogen-bond acceptors (Lipinski definition) is 2. The van der Waals surface area contributed by atoms with Crippen molar-refractivity contribution in [2.24, 2.45) is 0 Å². The van der Waals surface area contributed by atoms with Gasteiger partial charge in [-0.25, -0.2) is 0 Å². The number of hydrogen-bond donors (Lipinski definition) is 0. The Hall–Kier alpha value is -0.630. The summed E-state index contributed by atoms with van der Waals surface area (Å²) in [6.07, 6.45) is 1.76. The van der Waals surface area contributed by atoms with Crippen molar-refractivity contribution in [1.82, 2.24) is 10.2 Å². The topological polar surface area (TPSA) is 25.8 Å². The summed E-state index contributed by atoms with van der Waals surface area (Å²) >= 11 is 6.38. The predicted octanol–water partition coefficient (Wildman–Crippen LogP) is 3.73. The van der Waals surface area contributed by atoms with Gasteiger partial charge in [-0.15, -0.1) is 0 Å². The van der Waals surface area contributed by atoms with Crippen LogP contribution in [0.2, 0.25) is 5.02 Å². The lowest BCUT2D eigenvalue weighted by Gasteiger charge is -2.25. The molecule has 0 spiro atoms. The third-order valence-electron chi connectivity index (χ3n) is 2.31. The van der Waals surface area contributed by atoms with Crippen LogP contribution in [0.15, 0.2) is 6.20 Å². The second-order valence-electron chi connectivity index (χ2n) is 5.92. The summed E-state index contributed by atoms with van der Waals surface area (Å²) < 4.78 is 0. The summed E-state index contributed by atoms with van der Waals surface area (Å²) in [5, 5.41) is 8.94. The van der Waals surface area contributed by atoms with Crippen LogP contribution in [0.1, 0.15) is 52.8 Å².